The van der Waals surface area contributed by atoms with Gasteiger partial charge in [-0.3, -0.25) is 4.79 Å². The zero-order valence-electron chi connectivity index (χ0n) is 10.3. The Labute approximate surface area is 115 Å². The van der Waals surface area contributed by atoms with Crippen molar-refractivity contribution in [3.8, 4) is 0 Å². The molecule has 1 aromatic rings. The number of hydrogen-bond acceptors (Lipinski definition) is 2. The minimum atomic E-state index is 0.152. The van der Waals surface area contributed by atoms with E-state index in [1.807, 2.05) is 17.2 Å². The molecular formula is C13H18BrN3O. The highest BCUT2D eigenvalue weighted by atomic mass is 79.9. The number of hydrogen-bond donors (Lipinski definition) is 1. The Balaban J connectivity index is 1.79. The fraction of sp³-hybridized carbons (Fsp3) is 0.615. The largest absolute Gasteiger partial charge is 0.339 e. The van der Waals surface area contributed by atoms with Gasteiger partial charge in [0, 0.05) is 35.8 Å². The molecule has 0 spiro atoms. The third-order valence-electron chi connectivity index (χ3n) is 3.80. The molecule has 1 saturated carbocycles. The maximum absolute atomic E-state index is 12.5. The molecule has 0 aromatic carbocycles. The van der Waals surface area contributed by atoms with Crippen LogP contribution in [0, 0.1) is 0 Å². The van der Waals surface area contributed by atoms with E-state index in [9.17, 15) is 4.79 Å². The number of piperidine rings is 1. The van der Waals surface area contributed by atoms with Gasteiger partial charge < -0.3 is 15.2 Å². The van der Waals surface area contributed by atoms with Crippen LogP contribution in [0.2, 0.25) is 0 Å². The van der Waals surface area contributed by atoms with Crippen LogP contribution in [0.15, 0.2) is 16.7 Å². The van der Waals surface area contributed by atoms with Crippen molar-refractivity contribution in [2.45, 2.75) is 37.8 Å². The number of nitrogens with zero attached hydrogens (tertiary/aromatic N) is 2. The zero-order valence-corrected chi connectivity index (χ0v) is 11.9. The van der Waals surface area contributed by atoms with Gasteiger partial charge in [0.05, 0.1) is 0 Å². The summed E-state index contributed by atoms with van der Waals surface area (Å²) in [7, 11) is 0. The molecule has 98 valence electrons. The summed E-state index contributed by atoms with van der Waals surface area (Å²) in [5, 5.41) is 0. The average Bonchev–Trinajstić information content (AvgIpc) is 3.13. The lowest BCUT2D eigenvalue weighted by Gasteiger charge is -2.30. The van der Waals surface area contributed by atoms with Gasteiger partial charge in [0.15, 0.2) is 0 Å². The highest BCUT2D eigenvalue weighted by Crippen LogP contribution is 2.37. The van der Waals surface area contributed by atoms with E-state index in [4.69, 9.17) is 5.73 Å². The van der Waals surface area contributed by atoms with Gasteiger partial charge in [-0.2, -0.15) is 0 Å². The summed E-state index contributed by atoms with van der Waals surface area (Å²) < 4.78 is 3.12. The van der Waals surface area contributed by atoms with Crippen LogP contribution in [0.3, 0.4) is 0 Å². The molecular weight excluding hydrogens is 294 g/mol. The van der Waals surface area contributed by atoms with Gasteiger partial charge in [-0.15, -0.1) is 0 Å². The molecule has 2 fully saturated rings. The summed E-state index contributed by atoms with van der Waals surface area (Å²) in [6.45, 7) is 1.57. The van der Waals surface area contributed by atoms with E-state index in [0.717, 1.165) is 36.1 Å². The fourth-order valence-electron chi connectivity index (χ4n) is 2.54. The molecule has 3 rings (SSSR count). The van der Waals surface area contributed by atoms with E-state index in [2.05, 4.69) is 20.5 Å². The van der Waals surface area contributed by atoms with Gasteiger partial charge in [0.1, 0.15) is 5.69 Å². The number of halogens is 1. The number of amides is 1. The topological polar surface area (TPSA) is 51.3 Å². The summed E-state index contributed by atoms with van der Waals surface area (Å²) in [6.07, 6.45) is 6.23. The lowest BCUT2D eigenvalue weighted by atomic mass is 10.1. The average molecular weight is 312 g/mol. The third-order valence-corrected chi connectivity index (χ3v) is 4.24. The van der Waals surface area contributed by atoms with Crippen LogP contribution in [0.1, 0.15) is 42.2 Å². The van der Waals surface area contributed by atoms with E-state index < -0.39 is 0 Å². The first-order valence-electron chi connectivity index (χ1n) is 6.57. The van der Waals surface area contributed by atoms with Crippen molar-refractivity contribution < 1.29 is 4.79 Å². The number of carbonyl (C=O) groups is 1. The van der Waals surface area contributed by atoms with Crippen LogP contribution in [0.4, 0.5) is 0 Å². The second-order valence-corrected chi connectivity index (χ2v) is 6.23. The van der Waals surface area contributed by atoms with Crippen molar-refractivity contribution in [1.82, 2.24) is 9.47 Å². The monoisotopic (exact) mass is 311 g/mol. The number of carbonyl (C=O) groups excluding carboxylic acids is 1. The van der Waals surface area contributed by atoms with Crippen molar-refractivity contribution in [2.24, 2.45) is 5.73 Å². The second-order valence-electron chi connectivity index (χ2n) is 5.31. The Morgan fingerprint density at radius 2 is 1.94 bits per heavy atom. The molecule has 2 aliphatic rings. The number of likely N-dealkylation sites (tertiary alicyclic amines) is 1. The second kappa shape index (κ2) is 4.70. The van der Waals surface area contributed by atoms with Gasteiger partial charge in [-0.05, 0) is 47.7 Å². The summed E-state index contributed by atoms with van der Waals surface area (Å²) in [6, 6.07) is 2.73. The molecule has 2 N–H and O–H groups in total. The highest BCUT2D eigenvalue weighted by Gasteiger charge is 2.30. The Morgan fingerprint density at radius 3 is 2.56 bits per heavy atom. The first-order chi connectivity index (χ1) is 8.65. The summed E-state index contributed by atoms with van der Waals surface area (Å²) in [5.74, 6) is 0.152. The lowest BCUT2D eigenvalue weighted by Crippen LogP contribution is -2.43. The molecule has 18 heavy (non-hydrogen) atoms. The van der Waals surface area contributed by atoms with E-state index in [-0.39, 0.29) is 11.9 Å². The van der Waals surface area contributed by atoms with Crippen LogP contribution >= 0.6 is 15.9 Å². The first-order valence-corrected chi connectivity index (χ1v) is 7.36. The Kier molecular flexibility index (Phi) is 3.20. The molecule has 4 nitrogen and oxygen atoms in total. The molecule has 0 bridgehead atoms. The lowest BCUT2D eigenvalue weighted by molar-refractivity contribution is 0.0703. The quantitative estimate of drug-likeness (QED) is 0.910. The Morgan fingerprint density at radius 1 is 1.28 bits per heavy atom. The molecule has 5 heteroatoms. The van der Waals surface area contributed by atoms with Gasteiger partial charge in [-0.25, -0.2) is 0 Å². The van der Waals surface area contributed by atoms with E-state index in [1.54, 1.807) is 0 Å². The molecule has 1 aromatic heterocycles. The van der Waals surface area contributed by atoms with Crippen molar-refractivity contribution in [3.63, 3.8) is 0 Å². The SMILES string of the molecule is NC1CCN(C(=O)c2cc(Br)cn2C2CC2)CC1. The van der Waals surface area contributed by atoms with E-state index >= 15 is 0 Å². The number of aromatic nitrogens is 1. The standard InChI is InChI=1S/C13H18BrN3O/c14-9-7-12(17(8-9)11-1-2-11)13(18)16-5-3-10(15)4-6-16/h7-8,10-11H,1-6,15H2. The van der Waals surface area contributed by atoms with Crippen LogP contribution in [-0.2, 0) is 0 Å². The molecule has 0 radical (unpaired) electrons. The predicted octanol–water partition coefficient (Wildman–Crippen LogP) is 2.15. The maximum Gasteiger partial charge on any atom is 0.270 e. The first kappa shape index (κ1) is 12.2. The number of rotatable bonds is 2. The Hall–Kier alpha value is -0.810. The summed E-state index contributed by atoms with van der Waals surface area (Å²) in [4.78, 5) is 14.5. The molecule has 1 saturated heterocycles. The minimum absolute atomic E-state index is 0.152. The minimum Gasteiger partial charge on any atom is -0.339 e. The van der Waals surface area contributed by atoms with Gasteiger partial charge in [-0.1, -0.05) is 0 Å². The smallest absolute Gasteiger partial charge is 0.270 e. The molecule has 1 aliphatic carbocycles. The van der Waals surface area contributed by atoms with Gasteiger partial charge >= 0.3 is 0 Å². The van der Waals surface area contributed by atoms with Crippen molar-refractivity contribution in [2.75, 3.05) is 13.1 Å². The molecule has 1 aliphatic heterocycles. The van der Waals surface area contributed by atoms with Crippen LogP contribution < -0.4 is 5.73 Å². The number of nitrogens with two attached hydrogens (primary N) is 1. The predicted molar refractivity (Wildman–Crippen MR) is 73.5 cm³/mol. The molecule has 1 amide bonds. The van der Waals surface area contributed by atoms with Gasteiger partial charge in [0.25, 0.3) is 5.91 Å². The fourth-order valence-corrected chi connectivity index (χ4v) is 2.97. The third kappa shape index (κ3) is 2.34. The molecule has 0 unspecified atom stereocenters. The molecule has 0 atom stereocenters. The van der Waals surface area contributed by atoms with Gasteiger partial charge in [0.2, 0.25) is 0 Å². The summed E-state index contributed by atoms with van der Waals surface area (Å²) >= 11 is 3.47. The highest BCUT2D eigenvalue weighted by molar-refractivity contribution is 9.10. The maximum atomic E-state index is 12.5. The van der Waals surface area contributed by atoms with Crippen LogP contribution in [0.5, 0.6) is 0 Å². The van der Waals surface area contributed by atoms with Crippen LogP contribution in [-0.4, -0.2) is 34.5 Å². The Bertz CT molecular complexity index is 459. The molecule has 2 heterocycles. The van der Waals surface area contributed by atoms with Crippen molar-refractivity contribution >= 4 is 21.8 Å². The van der Waals surface area contributed by atoms with Crippen molar-refractivity contribution in [3.05, 3.63) is 22.4 Å². The zero-order chi connectivity index (χ0) is 12.7. The summed E-state index contributed by atoms with van der Waals surface area (Å²) in [5.41, 5.74) is 6.70. The normalized spacial score (nSPS) is 21.3. The van der Waals surface area contributed by atoms with E-state index in [0.29, 0.717) is 6.04 Å². The van der Waals surface area contributed by atoms with E-state index in [1.165, 1.54) is 12.8 Å². The van der Waals surface area contributed by atoms with Crippen LogP contribution in [0.25, 0.3) is 0 Å². The van der Waals surface area contributed by atoms with Crippen molar-refractivity contribution in [1.29, 1.82) is 0 Å².